The molecule has 0 bridgehead atoms. The number of hydrogen-bond donors (Lipinski definition) is 2. The van der Waals surface area contributed by atoms with Crippen LogP contribution in [0.3, 0.4) is 0 Å². The molecule has 1 spiro atoms. The van der Waals surface area contributed by atoms with Crippen LogP contribution in [0.15, 0.2) is 0 Å². The molecule has 2 unspecified atom stereocenters. The first-order valence-corrected chi connectivity index (χ1v) is 9.01. The molecule has 1 aliphatic carbocycles. The van der Waals surface area contributed by atoms with Gasteiger partial charge in [-0.2, -0.15) is 0 Å². The minimum Gasteiger partial charge on any atom is -0.444 e. The molecule has 7 heteroatoms. The van der Waals surface area contributed by atoms with Gasteiger partial charge in [0, 0.05) is 12.5 Å². The van der Waals surface area contributed by atoms with Crippen molar-refractivity contribution in [2.45, 2.75) is 89.5 Å². The molecule has 1 heterocycles. The smallest absolute Gasteiger partial charge is 0.411 e. The van der Waals surface area contributed by atoms with Gasteiger partial charge in [0.25, 0.3) is 0 Å². The molecule has 2 amide bonds. The third-order valence-corrected chi connectivity index (χ3v) is 5.35. The van der Waals surface area contributed by atoms with Crippen molar-refractivity contribution in [1.82, 2.24) is 4.90 Å². The normalized spacial score (nSPS) is 28.6. The fraction of sp³-hybridized carbons (Fsp3) is 0.833. The van der Waals surface area contributed by atoms with Crippen LogP contribution in [0.4, 0.5) is 4.79 Å². The van der Waals surface area contributed by atoms with Gasteiger partial charge in [-0.05, 0) is 59.8 Å². The van der Waals surface area contributed by atoms with Crippen LogP contribution in [0, 0.1) is 5.92 Å². The number of nitrogens with zero attached hydrogens (tertiary/aromatic N) is 1. The van der Waals surface area contributed by atoms with Gasteiger partial charge in [0.05, 0.1) is 12.0 Å². The molecule has 1 saturated carbocycles. The first-order chi connectivity index (χ1) is 11.5. The first-order valence-electron chi connectivity index (χ1n) is 9.01. The van der Waals surface area contributed by atoms with E-state index in [1.165, 1.54) is 6.92 Å². The molecule has 2 rings (SSSR count). The van der Waals surface area contributed by atoms with Crippen LogP contribution in [-0.2, 0) is 14.3 Å². The highest BCUT2D eigenvalue weighted by Crippen LogP contribution is 2.47. The van der Waals surface area contributed by atoms with E-state index in [2.05, 4.69) is 0 Å². The van der Waals surface area contributed by atoms with Gasteiger partial charge in [0.1, 0.15) is 11.1 Å². The molecule has 2 fully saturated rings. The fourth-order valence-electron chi connectivity index (χ4n) is 3.94. The Balaban J connectivity index is 2.15. The maximum absolute atomic E-state index is 12.7. The van der Waals surface area contributed by atoms with Gasteiger partial charge in [-0.1, -0.05) is 0 Å². The van der Waals surface area contributed by atoms with Crippen molar-refractivity contribution in [3.05, 3.63) is 0 Å². The Kier molecular flexibility index (Phi) is 5.47. The topological polar surface area (TPSA) is 110 Å². The van der Waals surface area contributed by atoms with Crippen molar-refractivity contribution in [3.63, 3.8) is 0 Å². The van der Waals surface area contributed by atoms with E-state index in [-0.39, 0.29) is 11.8 Å². The number of primary amides is 1. The van der Waals surface area contributed by atoms with E-state index in [4.69, 9.17) is 10.5 Å². The quantitative estimate of drug-likeness (QED) is 0.781. The lowest BCUT2D eigenvalue weighted by molar-refractivity contribution is -0.140. The third-order valence-electron chi connectivity index (χ3n) is 5.35. The second kappa shape index (κ2) is 6.94. The highest BCUT2D eigenvalue weighted by molar-refractivity contribution is 5.97. The van der Waals surface area contributed by atoms with Gasteiger partial charge in [-0.25, -0.2) is 4.79 Å². The van der Waals surface area contributed by atoms with Crippen molar-refractivity contribution >= 4 is 17.8 Å². The molecule has 4 atom stereocenters. The van der Waals surface area contributed by atoms with E-state index in [9.17, 15) is 19.5 Å². The number of ether oxygens (including phenoxy) is 1. The zero-order valence-electron chi connectivity index (χ0n) is 15.6. The molecule has 1 aliphatic heterocycles. The van der Waals surface area contributed by atoms with Gasteiger partial charge >= 0.3 is 6.09 Å². The molecule has 7 nitrogen and oxygen atoms in total. The summed E-state index contributed by atoms with van der Waals surface area (Å²) in [5.74, 6) is -1.12. The number of Topliss-reactive ketones (excluding diaryl/α,β-unsaturated/α-hetero) is 1. The minimum absolute atomic E-state index is 0.0860. The summed E-state index contributed by atoms with van der Waals surface area (Å²) in [5, 5.41) is 9.73. The van der Waals surface area contributed by atoms with Crippen LogP contribution in [0.1, 0.15) is 66.2 Å². The molecule has 0 aromatic rings. The van der Waals surface area contributed by atoms with Gasteiger partial charge in [0.2, 0.25) is 5.91 Å². The zero-order valence-corrected chi connectivity index (χ0v) is 15.6. The minimum atomic E-state index is -0.840. The molecule has 0 radical (unpaired) electrons. The Labute approximate surface area is 148 Å². The Hall–Kier alpha value is -1.63. The van der Waals surface area contributed by atoms with Gasteiger partial charge < -0.3 is 15.6 Å². The predicted octanol–water partition coefficient (Wildman–Crippen LogP) is 1.75. The first kappa shape index (κ1) is 19.7. The average Bonchev–Trinajstić information content (AvgIpc) is 2.85. The fourth-order valence-corrected chi connectivity index (χ4v) is 3.94. The number of carbonyl (C=O) groups is 3. The van der Waals surface area contributed by atoms with Crippen molar-refractivity contribution in [2.75, 3.05) is 0 Å². The number of carbonyl (C=O) groups excluding carboxylic acids is 3. The van der Waals surface area contributed by atoms with Crippen LogP contribution in [-0.4, -0.2) is 51.1 Å². The number of hydrogen-bond acceptors (Lipinski definition) is 5. The van der Waals surface area contributed by atoms with Crippen LogP contribution >= 0.6 is 0 Å². The molecule has 3 N–H and O–H groups in total. The molecule has 0 aromatic carbocycles. The van der Waals surface area contributed by atoms with Crippen molar-refractivity contribution in [3.8, 4) is 0 Å². The molecule has 2 aliphatic rings. The van der Waals surface area contributed by atoms with Crippen LogP contribution < -0.4 is 5.73 Å². The lowest BCUT2D eigenvalue weighted by Crippen LogP contribution is -2.61. The van der Waals surface area contributed by atoms with Crippen LogP contribution in [0.5, 0.6) is 0 Å². The van der Waals surface area contributed by atoms with Crippen LogP contribution in [0.2, 0.25) is 0 Å². The molecule has 25 heavy (non-hydrogen) atoms. The number of nitrogens with two attached hydrogens (primary N) is 1. The highest BCUT2D eigenvalue weighted by Gasteiger charge is 2.58. The third kappa shape index (κ3) is 3.97. The van der Waals surface area contributed by atoms with Crippen LogP contribution in [0.25, 0.3) is 0 Å². The number of aliphatic hydroxyl groups is 1. The summed E-state index contributed by atoms with van der Waals surface area (Å²) in [7, 11) is 0. The summed E-state index contributed by atoms with van der Waals surface area (Å²) < 4.78 is 5.53. The largest absolute Gasteiger partial charge is 0.444 e. The number of ketones is 1. The second-order valence-electron chi connectivity index (χ2n) is 8.32. The molecule has 0 aromatic heterocycles. The average molecular weight is 354 g/mol. The van der Waals surface area contributed by atoms with Gasteiger partial charge in [-0.15, -0.1) is 0 Å². The Bertz CT molecular complexity index is 554. The lowest BCUT2D eigenvalue weighted by Gasteiger charge is -2.45. The molecular formula is C18H30N2O5. The standard InChI is InChI=1S/C18H30N2O5/c1-11(21)13(15(19)23)6-5-12-7-9-18(10-8-14(18)22)20(12)16(24)25-17(2,3)4/h11-13,21H,5-10H2,1-4H3,(H2,19,23)/t11-,12?,13+,18?/m1/s1. The molecule has 142 valence electrons. The number of aliphatic hydroxyl groups excluding tert-OH is 1. The van der Waals surface area contributed by atoms with E-state index in [1.54, 1.807) is 25.7 Å². The predicted molar refractivity (Wildman–Crippen MR) is 91.7 cm³/mol. The van der Waals surface area contributed by atoms with Gasteiger partial charge in [-0.3, -0.25) is 14.5 Å². The highest BCUT2D eigenvalue weighted by atomic mass is 16.6. The summed E-state index contributed by atoms with van der Waals surface area (Å²) >= 11 is 0. The maximum atomic E-state index is 12.7. The van der Waals surface area contributed by atoms with E-state index in [1.807, 2.05) is 0 Å². The Morgan fingerprint density at radius 1 is 1.40 bits per heavy atom. The van der Waals surface area contributed by atoms with Crippen molar-refractivity contribution < 1.29 is 24.2 Å². The number of likely N-dealkylation sites (tertiary alicyclic amines) is 1. The summed E-state index contributed by atoms with van der Waals surface area (Å²) in [6.07, 6.45) is 2.04. The Morgan fingerprint density at radius 3 is 2.44 bits per heavy atom. The molecule has 1 saturated heterocycles. The van der Waals surface area contributed by atoms with E-state index >= 15 is 0 Å². The van der Waals surface area contributed by atoms with E-state index in [0.717, 1.165) is 0 Å². The Morgan fingerprint density at radius 2 is 2.04 bits per heavy atom. The monoisotopic (exact) mass is 354 g/mol. The lowest BCUT2D eigenvalue weighted by atomic mass is 9.73. The summed E-state index contributed by atoms with van der Waals surface area (Å²) in [5.41, 5.74) is 3.97. The maximum Gasteiger partial charge on any atom is 0.411 e. The summed E-state index contributed by atoms with van der Waals surface area (Å²) in [4.78, 5) is 38.1. The van der Waals surface area contributed by atoms with E-state index in [0.29, 0.717) is 38.5 Å². The van der Waals surface area contributed by atoms with E-state index < -0.39 is 35.2 Å². The second-order valence-corrected chi connectivity index (χ2v) is 8.32. The summed E-state index contributed by atoms with van der Waals surface area (Å²) in [6.45, 7) is 6.91. The number of rotatable bonds is 5. The van der Waals surface area contributed by atoms with Crippen molar-refractivity contribution in [1.29, 1.82) is 0 Å². The van der Waals surface area contributed by atoms with Crippen molar-refractivity contribution in [2.24, 2.45) is 11.7 Å². The molecular weight excluding hydrogens is 324 g/mol. The van der Waals surface area contributed by atoms with Gasteiger partial charge in [0.15, 0.2) is 5.78 Å². The zero-order chi connectivity index (χ0) is 19.0. The number of amides is 2. The SMILES string of the molecule is C[C@@H](O)[C@H](CCC1CCC2(CCC2=O)N1C(=O)OC(C)(C)C)C(N)=O. The summed E-state index contributed by atoms with van der Waals surface area (Å²) in [6, 6.07) is -0.181.